The van der Waals surface area contributed by atoms with E-state index in [0.717, 1.165) is 37.0 Å². The largest absolute Gasteiger partial charge is 0.480 e. The first kappa shape index (κ1) is 28.7. The molecule has 0 saturated heterocycles. The molecule has 0 amide bonds. The minimum atomic E-state index is -4.73. The normalized spacial score (nSPS) is 11.9. The lowest BCUT2D eigenvalue weighted by Gasteiger charge is -2.11. The van der Waals surface area contributed by atoms with Crippen molar-refractivity contribution < 1.29 is 27.0 Å². The highest BCUT2D eigenvalue weighted by atomic mass is 32.3. The molecule has 0 atom stereocenters. The van der Waals surface area contributed by atoms with Crippen molar-refractivity contribution in [2.45, 2.75) is 87.3 Å². The van der Waals surface area contributed by atoms with Crippen LogP contribution in [0, 0.1) is 0 Å². The van der Waals surface area contributed by atoms with Gasteiger partial charge in [-0.15, -0.1) is 0 Å². The van der Waals surface area contributed by atoms with Gasteiger partial charge in [0.15, 0.2) is 0 Å². The molecule has 194 valence electrons. The number of aliphatic hydroxyl groups excluding tert-OH is 1. The molecule has 35 heavy (non-hydrogen) atoms. The van der Waals surface area contributed by atoms with Gasteiger partial charge in [-0.25, -0.2) is 16.8 Å². The van der Waals surface area contributed by atoms with Gasteiger partial charge in [-0.3, -0.25) is 0 Å². The molecule has 0 aromatic heterocycles. The first-order valence-electron chi connectivity index (χ1n) is 12.2. The fourth-order valence-corrected chi connectivity index (χ4v) is 7.53. The molecule has 7 nitrogen and oxygen atoms in total. The van der Waals surface area contributed by atoms with E-state index in [-0.39, 0.29) is 10.6 Å². The number of aliphatic hydroxyl groups is 2. The number of sulfone groups is 2. The van der Waals surface area contributed by atoms with E-state index in [1.54, 1.807) is 12.1 Å². The van der Waals surface area contributed by atoms with Crippen molar-refractivity contribution in [2.24, 2.45) is 0 Å². The summed E-state index contributed by atoms with van der Waals surface area (Å²) in [5.41, 5.74) is 6.77. The molecule has 0 bridgehead atoms. The number of nitrogens with two attached hydrogens (primary N) is 1. The smallest absolute Gasteiger partial charge is 0.306 e. The molecule has 9 heteroatoms. The van der Waals surface area contributed by atoms with Crippen LogP contribution in [0.25, 0.3) is 0 Å². The lowest BCUT2D eigenvalue weighted by atomic mass is 10.0. The number of nitrogen functional groups attached to an aromatic ring is 1. The molecule has 0 aliphatic carbocycles. The summed E-state index contributed by atoms with van der Waals surface area (Å²) >= 11 is 0. The van der Waals surface area contributed by atoms with Crippen LogP contribution in [0.2, 0.25) is 0 Å². The number of hydrogen-bond acceptors (Lipinski definition) is 7. The van der Waals surface area contributed by atoms with Crippen LogP contribution in [0.15, 0.2) is 68.5 Å². The quantitative estimate of drug-likeness (QED) is 0.143. The number of unbranched alkanes of at least 4 members (excludes halogenated alkanes) is 9. The zero-order valence-corrected chi connectivity index (χ0v) is 22.0. The summed E-state index contributed by atoms with van der Waals surface area (Å²) in [5, 5.41) is 19.3. The highest BCUT2D eigenvalue weighted by Crippen LogP contribution is 2.31. The molecular formula is C26H37NO6S2. The zero-order valence-electron chi connectivity index (χ0n) is 20.3. The van der Waals surface area contributed by atoms with Crippen molar-refractivity contribution >= 4 is 25.4 Å². The van der Waals surface area contributed by atoms with E-state index < -0.39 is 34.8 Å². The van der Waals surface area contributed by atoms with Gasteiger partial charge in [0.2, 0.25) is 23.9 Å². The Morgan fingerprint density at radius 3 is 1.49 bits per heavy atom. The maximum Gasteiger partial charge on any atom is 0.306 e. The highest BCUT2D eigenvalue weighted by Gasteiger charge is 2.38. The van der Waals surface area contributed by atoms with Gasteiger partial charge in [0.1, 0.15) is 0 Å². The van der Waals surface area contributed by atoms with Crippen molar-refractivity contribution in [2.75, 3.05) is 5.73 Å². The number of hydrogen-bond donors (Lipinski definition) is 3. The number of benzene rings is 2. The second kappa shape index (κ2) is 13.5. The summed E-state index contributed by atoms with van der Waals surface area (Å²) in [6.07, 6.45) is 13.0. The predicted octanol–water partition coefficient (Wildman–Crippen LogP) is 6.22. The van der Waals surface area contributed by atoms with Crippen molar-refractivity contribution in [1.82, 2.24) is 0 Å². The van der Waals surface area contributed by atoms with Crippen LogP contribution in [0.1, 0.15) is 76.7 Å². The molecule has 0 unspecified atom stereocenters. The molecule has 0 saturated carbocycles. The van der Waals surface area contributed by atoms with Gasteiger partial charge in [0, 0.05) is 5.69 Å². The lowest BCUT2D eigenvalue weighted by Crippen LogP contribution is -2.17. The van der Waals surface area contributed by atoms with Crippen LogP contribution in [0.5, 0.6) is 0 Å². The van der Waals surface area contributed by atoms with Gasteiger partial charge in [-0.1, -0.05) is 76.8 Å². The molecule has 0 spiro atoms. The van der Waals surface area contributed by atoms with E-state index in [0.29, 0.717) is 0 Å². The molecule has 0 heterocycles. The molecule has 2 aromatic rings. The second-order valence-corrected chi connectivity index (χ2v) is 12.8. The van der Waals surface area contributed by atoms with Crippen molar-refractivity contribution in [3.8, 4) is 0 Å². The van der Waals surface area contributed by atoms with Crippen molar-refractivity contribution in [1.29, 1.82) is 0 Å². The number of rotatable bonds is 15. The second-order valence-electron chi connectivity index (χ2n) is 8.76. The molecule has 2 aromatic carbocycles. The summed E-state index contributed by atoms with van der Waals surface area (Å²) in [4.78, 5) is -0.748. The average molecular weight is 524 g/mol. The summed E-state index contributed by atoms with van der Waals surface area (Å²) in [6, 6.07) is 10.6. The Morgan fingerprint density at radius 1 is 0.657 bits per heavy atom. The third-order valence-corrected chi connectivity index (χ3v) is 10.4. The van der Waals surface area contributed by atoms with E-state index in [9.17, 15) is 27.0 Å². The first-order valence-corrected chi connectivity index (χ1v) is 15.1. The van der Waals surface area contributed by atoms with Gasteiger partial charge in [-0.2, -0.15) is 0 Å². The summed E-state index contributed by atoms with van der Waals surface area (Å²) in [5.74, 6) is -1.78. The molecular weight excluding hydrogens is 486 g/mol. The van der Waals surface area contributed by atoms with Gasteiger partial charge in [0.05, 0.1) is 9.79 Å². The molecule has 0 fully saturated rings. The molecule has 0 radical (unpaired) electrons. The third-order valence-electron chi connectivity index (χ3n) is 5.91. The Hall–Kier alpha value is -2.52. The van der Waals surface area contributed by atoms with E-state index in [4.69, 9.17) is 5.73 Å². The van der Waals surface area contributed by atoms with Crippen molar-refractivity contribution in [3.63, 3.8) is 0 Å². The van der Waals surface area contributed by atoms with Crippen molar-refractivity contribution in [3.05, 3.63) is 64.3 Å². The highest BCUT2D eigenvalue weighted by molar-refractivity contribution is 8.14. The first-order chi connectivity index (χ1) is 16.6. The van der Waals surface area contributed by atoms with Gasteiger partial charge in [0.25, 0.3) is 0 Å². The molecule has 0 aliphatic rings. The topological polar surface area (TPSA) is 135 Å². The average Bonchev–Trinajstić information content (AvgIpc) is 2.80. The van der Waals surface area contributed by atoms with Crippen LogP contribution >= 0.6 is 0 Å². The van der Waals surface area contributed by atoms with E-state index in [1.165, 1.54) is 75.6 Å². The lowest BCUT2D eigenvalue weighted by molar-refractivity contribution is 0.191. The van der Waals surface area contributed by atoms with E-state index in [1.807, 2.05) is 0 Å². The van der Waals surface area contributed by atoms with Gasteiger partial charge >= 0.3 is 5.95 Å². The SMILES string of the molecule is CCCCCCCCCCCCc1ccc(S(=O)(=O)C(=C(O)O)S(=O)(=O)c2ccc(N)cc2)cc1. The third kappa shape index (κ3) is 8.28. The van der Waals surface area contributed by atoms with Crippen LogP contribution in [0.3, 0.4) is 0 Å². The summed E-state index contributed by atoms with van der Waals surface area (Å²) in [7, 11) is -9.45. The maximum absolute atomic E-state index is 13.0. The van der Waals surface area contributed by atoms with Gasteiger partial charge in [-0.05, 0) is 54.8 Å². The van der Waals surface area contributed by atoms with E-state index >= 15 is 0 Å². The minimum Gasteiger partial charge on any atom is -0.480 e. The van der Waals surface area contributed by atoms with Crippen LogP contribution in [-0.4, -0.2) is 27.0 Å². The van der Waals surface area contributed by atoms with Crippen LogP contribution < -0.4 is 5.73 Å². The number of anilines is 1. The van der Waals surface area contributed by atoms with Gasteiger partial charge < -0.3 is 15.9 Å². The Balaban J connectivity index is 1.98. The Morgan fingerprint density at radius 2 is 1.06 bits per heavy atom. The Kier molecular flexibility index (Phi) is 11.1. The fourth-order valence-electron chi connectivity index (χ4n) is 3.90. The number of aryl methyl sites for hydroxylation is 1. The summed E-state index contributed by atoms with van der Waals surface area (Å²) < 4.78 is 50.4. The maximum atomic E-state index is 13.0. The standard InChI is InChI=1S/C26H37NO6S2/c1-2-3-4-5-6-7-8-9-10-11-12-21-13-17-23(18-14-21)34(30,31)26(25(28)29)35(32,33)24-19-15-22(27)16-20-24/h13-20,28-29H,2-12,27H2,1H3. The van der Waals surface area contributed by atoms with Crippen LogP contribution in [-0.2, 0) is 26.1 Å². The Bertz CT molecular complexity index is 1170. The summed E-state index contributed by atoms with van der Waals surface area (Å²) in [6.45, 7) is 2.22. The predicted molar refractivity (Wildman–Crippen MR) is 139 cm³/mol. The monoisotopic (exact) mass is 523 g/mol. The fraction of sp³-hybridized carbons (Fsp3) is 0.462. The Labute approximate surface area is 209 Å². The molecule has 4 N–H and O–H groups in total. The van der Waals surface area contributed by atoms with Crippen LogP contribution in [0.4, 0.5) is 5.69 Å². The molecule has 2 rings (SSSR count). The minimum absolute atomic E-state index is 0.281. The zero-order chi connectivity index (χ0) is 25.9. The molecule has 0 aliphatic heterocycles. The van der Waals surface area contributed by atoms with E-state index in [2.05, 4.69) is 6.92 Å².